The monoisotopic (exact) mass is 198 g/mol. The maximum absolute atomic E-state index is 9.83. The van der Waals surface area contributed by atoms with Gasteiger partial charge in [0.25, 0.3) is 0 Å². The van der Waals surface area contributed by atoms with Crippen LogP contribution in [0.15, 0.2) is 12.2 Å². The average molecular weight is 198 g/mol. The highest BCUT2D eigenvalue weighted by molar-refractivity contribution is 5.09. The third kappa shape index (κ3) is 2.82. The largest absolute Gasteiger partial charge is 0.386 e. The van der Waals surface area contributed by atoms with E-state index >= 15 is 0 Å². The summed E-state index contributed by atoms with van der Waals surface area (Å²) in [5.41, 5.74) is 0.952. The minimum absolute atomic E-state index is 0.0159. The molecule has 3 atom stereocenters. The van der Waals surface area contributed by atoms with Crippen LogP contribution in [0.1, 0.15) is 46.0 Å². The van der Waals surface area contributed by atoms with E-state index < -0.39 is 6.10 Å². The van der Waals surface area contributed by atoms with Gasteiger partial charge in [-0.3, -0.25) is 0 Å². The molecular weight excluding hydrogens is 176 g/mol. The van der Waals surface area contributed by atoms with E-state index in [1.807, 2.05) is 0 Å². The van der Waals surface area contributed by atoms with Gasteiger partial charge < -0.3 is 9.84 Å². The van der Waals surface area contributed by atoms with Crippen LogP contribution in [0.5, 0.6) is 0 Å². The molecule has 0 spiro atoms. The van der Waals surface area contributed by atoms with Crippen LogP contribution >= 0.6 is 0 Å². The van der Waals surface area contributed by atoms with Crippen LogP contribution in [-0.2, 0) is 4.74 Å². The number of aliphatic hydroxyl groups is 1. The third-order valence-corrected chi connectivity index (χ3v) is 2.81. The Morgan fingerprint density at radius 3 is 2.57 bits per heavy atom. The standard InChI is InChI=1S/C12H22O2/c1-4-6-10-8-9(3)12(13)11(14-10)7-5-2/h10-13H,3-8H2,1-2H3/t10-,11+,12-/m1/s1. The summed E-state index contributed by atoms with van der Waals surface area (Å²) in [5, 5.41) is 9.83. The molecule has 1 aliphatic rings. The molecule has 0 aliphatic carbocycles. The molecule has 14 heavy (non-hydrogen) atoms. The van der Waals surface area contributed by atoms with Crippen molar-refractivity contribution in [1.82, 2.24) is 0 Å². The van der Waals surface area contributed by atoms with Crippen molar-refractivity contribution in [2.45, 2.75) is 64.3 Å². The molecule has 82 valence electrons. The molecule has 1 aliphatic heterocycles. The second kappa shape index (κ2) is 5.52. The predicted octanol–water partition coefficient (Wildman–Crippen LogP) is 2.66. The van der Waals surface area contributed by atoms with Crippen molar-refractivity contribution in [1.29, 1.82) is 0 Å². The second-order valence-electron chi connectivity index (χ2n) is 4.18. The van der Waals surface area contributed by atoms with Gasteiger partial charge in [-0.15, -0.1) is 0 Å². The van der Waals surface area contributed by atoms with Crippen molar-refractivity contribution < 1.29 is 9.84 Å². The highest BCUT2D eigenvalue weighted by Gasteiger charge is 2.31. The quantitative estimate of drug-likeness (QED) is 0.704. The van der Waals surface area contributed by atoms with Crippen molar-refractivity contribution in [2.75, 3.05) is 0 Å². The summed E-state index contributed by atoms with van der Waals surface area (Å²) in [6.45, 7) is 8.20. The zero-order valence-corrected chi connectivity index (χ0v) is 9.33. The fourth-order valence-corrected chi connectivity index (χ4v) is 2.05. The Balaban J connectivity index is 2.52. The first-order valence-corrected chi connectivity index (χ1v) is 5.70. The summed E-state index contributed by atoms with van der Waals surface area (Å²) in [6.07, 6.45) is 4.84. The molecule has 1 rings (SSSR count). The van der Waals surface area contributed by atoms with Crippen molar-refractivity contribution in [3.8, 4) is 0 Å². The topological polar surface area (TPSA) is 29.5 Å². The molecule has 2 heteroatoms. The van der Waals surface area contributed by atoms with Gasteiger partial charge in [-0.25, -0.2) is 0 Å². The number of aliphatic hydroxyl groups excluding tert-OH is 1. The summed E-state index contributed by atoms with van der Waals surface area (Å²) in [6, 6.07) is 0. The van der Waals surface area contributed by atoms with Crippen LogP contribution in [0.2, 0.25) is 0 Å². The first-order valence-electron chi connectivity index (χ1n) is 5.70. The Bertz CT molecular complexity index is 189. The Hall–Kier alpha value is -0.340. The van der Waals surface area contributed by atoms with E-state index in [0.717, 1.165) is 37.7 Å². The summed E-state index contributed by atoms with van der Waals surface area (Å²) >= 11 is 0. The van der Waals surface area contributed by atoms with Crippen LogP contribution in [-0.4, -0.2) is 23.4 Å². The summed E-state index contributed by atoms with van der Waals surface area (Å²) in [4.78, 5) is 0. The molecule has 0 bridgehead atoms. The number of hydrogen-bond donors (Lipinski definition) is 1. The molecule has 2 nitrogen and oxygen atoms in total. The minimum Gasteiger partial charge on any atom is -0.386 e. The zero-order valence-electron chi connectivity index (χ0n) is 9.33. The van der Waals surface area contributed by atoms with Gasteiger partial charge in [0.1, 0.15) is 6.10 Å². The van der Waals surface area contributed by atoms with Gasteiger partial charge in [-0.2, -0.15) is 0 Å². The van der Waals surface area contributed by atoms with Gasteiger partial charge in [0, 0.05) is 0 Å². The molecular formula is C12H22O2. The van der Waals surface area contributed by atoms with Crippen LogP contribution in [0.3, 0.4) is 0 Å². The van der Waals surface area contributed by atoms with Crippen LogP contribution in [0.4, 0.5) is 0 Å². The lowest BCUT2D eigenvalue weighted by molar-refractivity contribution is -0.0962. The second-order valence-corrected chi connectivity index (χ2v) is 4.18. The molecule has 1 saturated heterocycles. The van der Waals surface area contributed by atoms with Crippen molar-refractivity contribution >= 4 is 0 Å². The molecule has 1 fully saturated rings. The molecule has 0 unspecified atom stereocenters. The first-order chi connectivity index (χ1) is 6.69. The Morgan fingerprint density at radius 2 is 2.00 bits per heavy atom. The molecule has 0 aromatic rings. The average Bonchev–Trinajstić information content (AvgIpc) is 2.14. The van der Waals surface area contributed by atoms with E-state index in [4.69, 9.17) is 4.74 Å². The fraction of sp³-hybridized carbons (Fsp3) is 0.833. The van der Waals surface area contributed by atoms with Gasteiger partial charge in [0.15, 0.2) is 0 Å². The van der Waals surface area contributed by atoms with Crippen LogP contribution in [0, 0.1) is 0 Å². The first kappa shape index (κ1) is 11.7. The third-order valence-electron chi connectivity index (χ3n) is 2.81. The van der Waals surface area contributed by atoms with Gasteiger partial charge in [-0.1, -0.05) is 33.3 Å². The fourth-order valence-electron chi connectivity index (χ4n) is 2.05. The molecule has 0 amide bonds. The van der Waals surface area contributed by atoms with E-state index in [9.17, 15) is 5.11 Å². The van der Waals surface area contributed by atoms with Gasteiger partial charge in [-0.05, 0) is 24.8 Å². The normalized spacial score (nSPS) is 33.4. The Kier molecular flexibility index (Phi) is 4.63. The van der Waals surface area contributed by atoms with Gasteiger partial charge in [0.2, 0.25) is 0 Å². The summed E-state index contributed by atoms with van der Waals surface area (Å²) in [7, 11) is 0. The van der Waals surface area contributed by atoms with Gasteiger partial charge >= 0.3 is 0 Å². The molecule has 0 radical (unpaired) electrons. The highest BCUT2D eigenvalue weighted by Crippen LogP contribution is 2.28. The van der Waals surface area contributed by atoms with Crippen molar-refractivity contribution in [3.63, 3.8) is 0 Å². The predicted molar refractivity (Wildman–Crippen MR) is 58.2 cm³/mol. The molecule has 0 aromatic carbocycles. The minimum atomic E-state index is -0.442. The lowest BCUT2D eigenvalue weighted by Crippen LogP contribution is -2.40. The van der Waals surface area contributed by atoms with E-state index in [-0.39, 0.29) is 12.2 Å². The van der Waals surface area contributed by atoms with E-state index in [0.29, 0.717) is 0 Å². The Labute approximate surface area is 87.0 Å². The van der Waals surface area contributed by atoms with Gasteiger partial charge in [0.05, 0.1) is 12.2 Å². The number of ether oxygens (including phenoxy) is 1. The molecule has 1 N–H and O–H groups in total. The number of rotatable bonds is 4. The van der Waals surface area contributed by atoms with Crippen LogP contribution < -0.4 is 0 Å². The number of hydrogen-bond acceptors (Lipinski definition) is 2. The molecule has 0 saturated carbocycles. The lowest BCUT2D eigenvalue weighted by atomic mass is 9.92. The molecule has 1 heterocycles. The Morgan fingerprint density at radius 1 is 1.36 bits per heavy atom. The lowest BCUT2D eigenvalue weighted by Gasteiger charge is -2.35. The highest BCUT2D eigenvalue weighted by atomic mass is 16.5. The van der Waals surface area contributed by atoms with Crippen LogP contribution in [0.25, 0.3) is 0 Å². The zero-order chi connectivity index (χ0) is 10.6. The maximum atomic E-state index is 9.83. The van der Waals surface area contributed by atoms with E-state index in [1.54, 1.807) is 0 Å². The van der Waals surface area contributed by atoms with E-state index in [2.05, 4.69) is 20.4 Å². The smallest absolute Gasteiger partial charge is 0.101 e. The maximum Gasteiger partial charge on any atom is 0.101 e. The van der Waals surface area contributed by atoms with Crippen molar-refractivity contribution in [2.24, 2.45) is 0 Å². The SMILES string of the molecule is C=C1C[C@@H](CCC)O[C@@H](CCC)[C@@H]1O. The van der Waals surface area contributed by atoms with E-state index in [1.165, 1.54) is 0 Å². The summed E-state index contributed by atoms with van der Waals surface area (Å²) in [5.74, 6) is 0. The molecule has 0 aromatic heterocycles. The van der Waals surface area contributed by atoms with Crippen molar-refractivity contribution in [3.05, 3.63) is 12.2 Å². The summed E-state index contributed by atoms with van der Waals surface area (Å²) < 4.78 is 5.84.